The lowest BCUT2D eigenvalue weighted by Gasteiger charge is -2.17. The van der Waals surface area contributed by atoms with Gasteiger partial charge in [-0.25, -0.2) is 14.6 Å². The summed E-state index contributed by atoms with van der Waals surface area (Å²) >= 11 is 0. The minimum atomic E-state index is 0.105. The van der Waals surface area contributed by atoms with Crippen LogP contribution in [0.5, 0.6) is 5.75 Å². The van der Waals surface area contributed by atoms with Gasteiger partial charge < -0.3 is 15.4 Å². The molecule has 1 atom stereocenters. The summed E-state index contributed by atoms with van der Waals surface area (Å²) < 4.78 is 7.24. The predicted molar refractivity (Wildman–Crippen MR) is 110 cm³/mol. The molecule has 0 saturated carbocycles. The summed E-state index contributed by atoms with van der Waals surface area (Å²) in [5.74, 6) is 1.01. The maximum absolute atomic E-state index is 12.9. The van der Waals surface area contributed by atoms with Crippen molar-refractivity contribution in [1.29, 1.82) is 0 Å². The standard InChI is InChI=1S/C21H26N6O2/c1-14-3-4-17(29-2)16(11-14)12-18(28)26-9-5-15(13-26)19-20-21(24-8-7-23-20)27(25-19)10-6-22/h3-4,7-8,11,15H,5-6,9-10,12-13,22H2,1-2H3/t15-/m1/s1. The molecule has 1 aromatic carbocycles. The number of hydrogen-bond acceptors (Lipinski definition) is 6. The van der Waals surface area contributed by atoms with Crippen molar-refractivity contribution in [3.63, 3.8) is 0 Å². The minimum Gasteiger partial charge on any atom is -0.496 e. The number of fused-ring (bicyclic) bond motifs is 1. The molecule has 0 spiro atoms. The van der Waals surface area contributed by atoms with Crippen molar-refractivity contribution in [2.45, 2.75) is 32.2 Å². The van der Waals surface area contributed by atoms with Gasteiger partial charge in [-0.1, -0.05) is 17.7 Å². The summed E-state index contributed by atoms with van der Waals surface area (Å²) in [4.78, 5) is 23.8. The minimum absolute atomic E-state index is 0.105. The molecule has 0 unspecified atom stereocenters. The van der Waals surface area contributed by atoms with Crippen molar-refractivity contribution in [2.24, 2.45) is 5.73 Å². The smallest absolute Gasteiger partial charge is 0.227 e. The number of methoxy groups -OCH3 is 1. The fourth-order valence-electron chi connectivity index (χ4n) is 4.01. The largest absolute Gasteiger partial charge is 0.496 e. The van der Waals surface area contributed by atoms with Gasteiger partial charge in [-0.3, -0.25) is 4.79 Å². The molecule has 29 heavy (non-hydrogen) atoms. The van der Waals surface area contributed by atoms with Gasteiger partial charge >= 0.3 is 0 Å². The van der Waals surface area contributed by atoms with E-state index in [1.807, 2.05) is 34.7 Å². The van der Waals surface area contributed by atoms with Gasteiger partial charge in [0.25, 0.3) is 0 Å². The van der Waals surface area contributed by atoms with Gasteiger partial charge in [-0.15, -0.1) is 0 Å². The van der Waals surface area contributed by atoms with Gasteiger partial charge in [0.15, 0.2) is 5.65 Å². The molecule has 8 heteroatoms. The third kappa shape index (κ3) is 3.80. The van der Waals surface area contributed by atoms with Crippen LogP contribution in [-0.2, 0) is 17.8 Å². The third-order valence-corrected chi connectivity index (χ3v) is 5.44. The Labute approximate surface area is 169 Å². The molecule has 2 N–H and O–H groups in total. The lowest BCUT2D eigenvalue weighted by molar-refractivity contribution is -0.129. The Hall–Kier alpha value is -3.00. The summed E-state index contributed by atoms with van der Waals surface area (Å²) in [6.07, 6.45) is 4.55. The van der Waals surface area contributed by atoms with Crippen LogP contribution in [0.25, 0.3) is 11.2 Å². The van der Waals surface area contributed by atoms with E-state index in [0.717, 1.165) is 40.2 Å². The SMILES string of the molecule is COc1ccc(C)cc1CC(=O)N1CC[C@@H](c2nn(CCN)c3nccnc23)C1. The second-order valence-corrected chi connectivity index (χ2v) is 7.44. The molecule has 4 rings (SSSR count). The molecule has 3 aromatic rings. The van der Waals surface area contributed by atoms with Crippen molar-refractivity contribution in [1.82, 2.24) is 24.6 Å². The zero-order chi connectivity index (χ0) is 20.4. The second-order valence-electron chi connectivity index (χ2n) is 7.44. The van der Waals surface area contributed by atoms with E-state index in [0.29, 0.717) is 32.6 Å². The van der Waals surface area contributed by atoms with Crippen LogP contribution in [0, 0.1) is 6.92 Å². The maximum Gasteiger partial charge on any atom is 0.227 e. The van der Waals surface area contributed by atoms with Crippen LogP contribution in [0.2, 0.25) is 0 Å². The Morgan fingerprint density at radius 2 is 2.14 bits per heavy atom. The zero-order valence-electron chi connectivity index (χ0n) is 16.8. The van der Waals surface area contributed by atoms with Gasteiger partial charge in [-0.2, -0.15) is 5.10 Å². The van der Waals surface area contributed by atoms with Gasteiger partial charge in [0.2, 0.25) is 5.91 Å². The monoisotopic (exact) mass is 394 g/mol. The number of nitrogens with zero attached hydrogens (tertiary/aromatic N) is 5. The Morgan fingerprint density at radius 1 is 1.31 bits per heavy atom. The van der Waals surface area contributed by atoms with E-state index in [-0.39, 0.29) is 11.8 Å². The van der Waals surface area contributed by atoms with Crippen molar-refractivity contribution in [3.05, 3.63) is 47.4 Å². The quantitative estimate of drug-likeness (QED) is 0.683. The molecular weight excluding hydrogens is 368 g/mol. The molecule has 0 bridgehead atoms. The maximum atomic E-state index is 12.9. The van der Waals surface area contributed by atoms with Crippen LogP contribution in [0.3, 0.4) is 0 Å². The number of amides is 1. The molecular formula is C21H26N6O2. The van der Waals surface area contributed by atoms with Crippen LogP contribution in [0.15, 0.2) is 30.6 Å². The predicted octanol–water partition coefficient (Wildman–Crippen LogP) is 1.66. The second kappa shape index (κ2) is 8.16. The molecule has 152 valence electrons. The Bertz CT molecular complexity index is 1030. The first-order valence-electron chi connectivity index (χ1n) is 9.89. The molecule has 1 amide bonds. The van der Waals surface area contributed by atoms with Crippen molar-refractivity contribution in [3.8, 4) is 5.75 Å². The Balaban J connectivity index is 1.52. The number of ether oxygens (including phenoxy) is 1. The van der Waals surface area contributed by atoms with Crippen LogP contribution in [0.4, 0.5) is 0 Å². The zero-order valence-corrected chi connectivity index (χ0v) is 16.8. The number of nitrogens with two attached hydrogens (primary N) is 1. The fraction of sp³-hybridized carbons (Fsp3) is 0.429. The number of likely N-dealkylation sites (tertiary alicyclic amines) is 1. The lowest BCUT2D eigenvalue weighted by atomic mass is 10.0. The number of aryl methyl sites for hydroxylation is 1. The highest BCUT2D eigenvalue weighted by atomic mass is 16.5. The van der Waals surface area contributed by atoms with E-state index in [9.17, 15) is 4.79 Å². The average Bonchev–Trinajstić information content (AvgIpc) is 3.34. The highest BCUT2D eigenvalue weighted by Crippen LogP contribution is 2.31. The number of benzene rings is 1. The topological polar surface area (TPSA) is 99.2 Å². The van der Waals surface area contributed by atoms with E-state index in [1.54, 1.807) is 19.5 Å². The Morgan fingerprint density at radius 3 is 2.93 bits per heavy atom. The summed E-state index contributed by atoms with van der Waals surface area (Å²) in [5.41, 5.74) is 10.2. The summed E-state index contributed by atoms with van der Waals surface area (Å²) in [7, 11) is 1.63. The average molecular weight is 394 g/mol. The summed E-state index contributed by atoms with van der Waals surface area (Å²) in [5, 5.41) is 4.73. The highest BCUT2D eigenvalue weighted by Gasteiger charge is 2.31. The lowest BCUT2D eigenvalue weighted by Crippen LogP contribution is -2.30. The van der Waals surface area contributed by atoms with Gasteiger partial charge in [0, 0.05) is 43.5 Å². The molecule has 1 aliphatic rings. The van der Waals surface area contributed by atoms with E-state index < -0.39 is 0 Å². The molecule has 1 saturated heterocycles. The molecule has 0 aliphatic carbocycles. The molecule has 1 aliphatic heterocycles. The first kappa shape index (κ1) is 19.3. The van der Waals surface area contributed by atoms with Crippen LogP contribution >= 0.6 is 0 Å². The molecule has 2 aromatic heterocycles. The van der Waals surface area contributed by atoms with Gasteiger partial charge in [-0.05, 0) is 19.4 Å². The van der Waals surface area contributed by atoms with E-state index in [2.05, 4.69) is 9.97 Å². The number of carbonyl (C=O) groups is 1. The van der Waals surface area contributed by atoms with E-state index in [4.69, 9.17) is 15.6 Å². The van der Waals surface area contributed by atoms with E-state index >= 15 is 0 Å². The van der Waals surface area contributed by atoms with Crippen LogP contribution in [0.1, 0.15) is 29.2 Å². The van der Waals surface area contributed by atoms with Gasteiger partial charge in [0.05, 0.1) is 25.8 Å². The van der Waals surface area contributed by atoms with Crippen molar-refractivity contribution < 1.29 is 9.53 Å². The first-order chi connectivity index (χ1) is 14.1. The number of carbonyl (C=O) groups excluding carboxylic acids is 1. The highest BCUT2D eigenvalue weighted by molar-refractivity contribution is 5.80. The van der Waals surface area contributed by atoms with Crippen molar-refractivity contribution >= 4 is 17.1 Å². The summed E-state index contributed by atoms with van der Waals surface area (Å²) in [6, 6.07) is 5.92. The Kier molecular flexibility index (Phi) is 5.44. The number of aromatic nitrogens is 4. The normalized spacial score (nSPS) is 16.5. The van der Waals surface area contributed by atoms with Gasteiger partial charge in [0.1, 0.15) is 11.3 Å². The molecule has 3 heterocycles. The molecule has 8 nitrogen and oxygen atoms in total. The third-order valence-electron chi connectivity index (χ3n) is 5.44. The van der Waals surface area contributed by atoms with Crippen LogP contribution < -0.4 is 10.5 Å². The van der Waals surface area contributed by atoms with Crippen molar-refractivity contribution in [2.75, 3.05) is 26.7 Å². The molecule has 0 radical (unpaired) electrons. The first-order valence-corrected chi connectivity index (χ1v) is 9.89. The fourth-order valence-corrected chi connectivity index (χ4v) is 4.01. The van der Waals surface area contributed by atoms with E-state index in [1.165, 1.54) is 0 Å². The summed E-state index contributed by atoms with van der Waals surface area (Å²) in [6.45, 7) is 4.45. The van der Waals surface area contributed by atoms with Crippen LogP contribution in [-0.4, -0.2) is 57.3 Å². The number of hydrogen-bond donors (Lipinski definition) is 1. The number of rotatable bonds is 6. The molecule has 1 fully saturated rings.